The van der Waals surface area contributed by atoms with Crippen LogP contribution < -0.4 is 5.32 Å². The van der Waals surface area contributed by atoms with Crippen LogP contribution in [0.15, 0.2) is 0 Å². The van der Waals surface area contributed by atoms with Crippen molar-refractivity contribution < 1.29 is 17.9 Å². The second-order valence-corrected chi connectivity index (χ2v) is 7.37. The first-order valence-corrected chi connectivity index (χ1v) is 8.21. The maximum absolute atomic E-state index is 12.2. The molecule has 0 radical (unpaired) electrons. The summed E-state index contributed by atoms with van der Waals surface area (Å²) < 4.78 is 41.8. The lowest BCUT2D eigenvalue weighted by atomic mass is 9.72. The van der Waals surface area contributed by atoms with Crippen molar-refractivity contribution in [2.45, 2.75) is 89.6 Å². The predicted octanol–water partition coefficient (Wildman–Crippen LogP) is 4.43. The molecule has 3 atom stereocenters. The fraction of sp³-hybridized carbons (Fsp3) is 1.00. The lowest BCUT2D eigenvalue weighted by Gasteiger charge is -2.42. The molecule has 2 rings (SSSR count). The third-order valence-electron chi connectivity index (χ3n) is 5.05. The van der Waals surface area contributed by atoms with Gasteiger partial charge in [-0.2, -0.15) is 13.2 Å². The number of nitrogens with one attached hydrogen (secondary N) is 1. The molecule has 5 heteroatoms. The van der Waals surface area contributed by atoms with Crippen molar-refractivity contribution in [3.8, 4) is 0 Å². The van der Waals surface area contributed by atoms with Crippen molar-refractivity contribution in [3.63, 3.8) is 0 Å². The minimum atomic E-state index is -4.22. The van der Waals surface area contributed by atoms with Crippen molar-refractivity contribution in [3.05, 3.63) is 0 Å². The second kappa shape index (κ2) is 6.86. The number of alkyl halides is 3. The van der Waals surface area contributed by atoms with Gasteiger partial charge in [-0.1, -0.05) is 26.7 Å². The lowest BCUT2D eigenvalue weighted by Crippen LogP contribution is -2.50. The zero-order valence-electron chi connectivity index (χ0n) is 13.1. The number of hydrogen-bond acceptors (Lipinski definition) is 2. The maximum atomic E-state index is 12.2. The first-order valence-electron chi connectivity index (χ1n) is 8.21. The summed E-state index contributed by atoms with van der Waals surface area (Å²) in [5.41, 5.74) is 0.290. The second-order valence-electron chi connectivity index (χ2n) is 7.37. The van der Waals surface area contributed by atoms with E-state index in [0.29, 0.717) is 18.5 Å². The molecule has 0 aromatic rings. The maximum Gasteiger partial charge on any atom is 0.411 e. The quantitative estimate of drug-likeness (QED) is 0.829. The Bertz CT molecular complexity index is 330. The Morgan fingerprint density at radius 1 is 1.10 bits per heavy atom. The molecule has 2 nitrogen and oxygen atoms in total. The fourth-order valence-corrected chi connectivity index (χ4v) is 3.75. The van der Waals surface area contributed by atoms with Crippen LogP contribution in [0.3, 0.4) is 0 Å². The fourth-order valence-electron chi connectivity index (χ4n) is 3.75. The van der Waals surface area contributed by atoms with Gasteiger partial charge in [0.15, 0.2) is 0 Å². The first kappa shape index (κ1) is 17.1. The van der Waals surface area contributed by atoms with Crippen LogP contribution in [0.25, 0.3) is 0 Å². The molecule has 0 bridgehead atoms. The highest BCUT2D eigenvalue weighted by Gasteiger charge is 2.35. The van der Waals surface area contributed by atoms with E-state index in [9.17, 15) is 13.2 Å². The van der Waals surface area contributed by atoms with Gasteiger partial charge in [0.2, 0.25) is 0 Å². The smallest absolute Gasteiger partial charge is 0.369 e. The molecule has 0 aliphatic heterocycles. The number of hydrogen-bond donors (Lipinski definition) is 1. The van der Waals surface area contributed by atoms with Gasteiger partial charge in [-0.05, 0) is 43.9 Å². The molecule has 0 saturated heterocycles. The molecule has 0 aromatic carbocycles. The zero-order chi connectivity index (χ0) is 15.5. The minimum Gasteiger partial charge on any atom is -0.369 e. The molecule has 0 amide bonds. The Morgan fingerprint density at radius 3 is 2.52 bits per heavy atom. The van der Waals surface area contributed by atoms with E-state index >= 15 is 0 Å². The van der Waals surface area contributed by atoms with Gasteiger partial charge in [0.05, 0.1) is 6.10 Å². The molecule has 21 heavy (non-hydrogen) atoms. The summed E-state index contributed by atoms with van der Waals surface area (Å²) >= 11 is 0. The van der Waals surface area contributed by atoms with Gasteiger partial charge in [-0.3, -0.25) is 0 Å². The molecular formula is C16H28F3NO. The van der Waals surface area contributed by atoms with Gasteiger partial charge in [0, 0.05) is 12.1 Å². The van der Waals surface area contributed by atoms with Crippen molar-refractivity contribution in [2.75, 3.05) is 6.61 Å². The average molecular weight is 307 g/mol. The molecule has 2 aliphatic carbocycles. The van der Waals surface area contributed by atoms with Crippen LogP contribution in [0.1, 0.15) is 65.2 Å². The summed E-state index contributed by atoms with van der Waals surface area (Å²) in [7, 11) is 0. The molecule has 0 spiro atoms. The molecule has 3 unspecified atom stereocenters. The number of ether oxygens (including phenoxy) is 1. The standard InChI is InChI=1S/C16H28F3NO/c1-15(2)9-4-3-8-14(15)20-12-6-5-7-13(10-12)21-11-16(17,18)19/h12-14,20H,3-11H2,1-2H3. The van der Waals surface area contributed by atoms with E-state index in [1.807, 2.05) is 0 Å². The third-order valence-corrected chi connectivity index (χ3v) is 5.05. The van der Waals surface area contributed by atoms with Gasteiger partial charge in [0.1, 0.15) is 6.61 Å². The van der Waals surface area contributed by atoms with E-state index < -0.39 is 12.8 Å². The number of halogens is 3. The average Bonchev–Trinajstić information content (AvgIpc) is 2.39. The van der Waals surface area contributed by atoms with E-state index in [-0.39, 0.29) is 11.5 Å². The molecule has 1 N–H and O–H groups in total. The highest BCUT2D eigenvalue weighted by Crippen LogP contribution is 2.36. The van der Waals surface area contributed by atoms with Crippen molar-refractivity contribution in [1.82, 2.24) is 5.32 Å². The number of rotatable bonds is 4. The topological polar surface area (TPSA) is 21.3 Å². The Hall–Kier alpha value is -0.290. The lowest BCUT2D eigenvalue weighted by molar-refractivity contribution is -0.188. The summed E-state index contributed by atoms with van der Waals surface area (Å²) in [6.07, 6.45) is 3.95. The normalized spacial score (nSPS) is 33.9. The predicted molar refractivity (Wildman–Crippen MR) is 77.2 cm³/mol. The van der Waals surface area contributed by atoms with Gasteiger partial charge >= 0.3 is 6.18 Å². The summed E-state index contributed by atoms with van der Waals surface area (Å²) in [5, 5.41) is 3.71. The van der Waals surface area contributed by atoms with Gasteiger partial charge < -0.3 is 10.1 Å². The van der Waals surface area contributed by atoms with Crippen LogP contribution in [0.5, 0.6) is 0 Å². The Balaban J connectivity index is 1.81. The zero-order valence-corrected chi connectivity index (χ0v) is 13.1. The SMILES string of the molecule is CC1(C)CCCCC1NC1CCCC(OCC(F)(F)F)C1. The van der Waals surface area contributed by atoms with Gasteiger partial charge in [-0.25, -0.2) is 0 Å². The summed E-state index contributed by atoms with van der Waals surface area (Å²) in [6.45, 7) is 3.48. The van der Waals surface area contributed by atoms with Crippen LogP contribution >= 0.6 is 0 Å². The van der Waals surface area contributed by atoms with Crippen LogP contribution in [-0.4, -0.2) is 31.0 Å². The molecule has 0 heterocycles. The summed E-state index contributed by atoms with van der Waals surface area (Å²) in [5.74, 6) is 0. The van der Waals surface area contributed by atoms with E-state index in [0.717, 1.165) is 19.3 Å². The molecule has 0 aromatic heterocycles. The molecule has 124 valence electrons. The van der Waals surface area contributed by atoms with E-state index in [1.54, 1.807) is 0 Å². The van der Waals surface area contributed by atoms with Crippen molar-refractivity contribution >= 4 is 0 Å². The van der Waals surface area contributed by atoms with E-state index in [4.69, 9.17) is 4.74 Å². The minimum absolute atomic E-state index is 0.246. The monoisotopic (exact) mass is 307 g/mol. The third kappa shape index (κ3) is 5.44. The van der Waals surface area contributed by atoms with Crippen LogP contribution in [-0.2, 0) is 4.74 Å². The van der Waals surface area contributed by atoms with Crippen LogP contribution in [0.2, 0.25) is 0 Å². The molecule has 2 aliphatic rings. The van der Waals surface area contributed by atoms with E-state index in [2.05, 4.69) is 19.2 Å². The van der Waals surface area contributed by atoms with E-state index in [1.165, 1.54) is 25.7 Å². The molecular weight excluding hydrogens is 279 g/mol. The molecule has 2 saturated carbocycles. The summed E-state index contributed by atoms with van der Waals surface area (Å²) in [4.78, 5) is 0. The van der Waals surface area contributed by atoms with Crippen molar-refractivity contribution in [1.29, 1.82) is 0 Å². The Kier molecular flexibility index (Phi) is 5.58. The van der Waals surface area contributed by atoms with Crippen molar-refractivity contribution in [2.24, 2.45) is 5.41 Å². The Morgan fingerprint density at radius 2 is 1.86 bits per heavy atom. The largest absolute Gasteiger partial charge is 0.411 e. The van der Waals surface area contributed by atoms with Gasteiger partial charge in [0.25, 0.3) is 0 Å². The van der Waals surface area contributed by atoms with Crippen LogP contribution in [0, 0.1) is 5.41 Å². The summed E-state index contributed by atoms with van der Waals surface area (Å²) in [6, 6.07) is 0.789. The Labute approximate surface area is 125 Å². The highest BCUT2D eigenvalue weighted by atomic mass is 19.4. The van der Waals surface area contributed by atoms with Crippen LogP contribution in [0.4, 0.5) is 13.2 Å². The molecule has 2 fully saturated rings. The first-order chi connectivity index (χ1) is 9.76. The highest BCUT2D eigenvalue weighted by molar-refractivity contribution is 4.91. The van der Waals surface area contributed by atoms with Gasteiger partial charge in [-0.15, -0.1) is 0 Å².